The van der Waals surface area contributed by atoms with Crippen LogP contribution in [-0.4, -0.2) is 29.0 Å². The summed E-state index contributed by atoms with van der Waals surface area (Å²) in [6, 6.07) is 0.568. The van der Waals surface area contributed by atoms with E-state index in [-0.39, 0.29) is 0 Å². The first-order valence-electron chi connectivity index (χ1n) is 7.07. The van der Waals surface area contributed by atoms with Gasteiger partial charge >= 0.3 is 0 Å². The van der Waals surface area contributed by atoms with Crippen LogP contribution in [0.2, 0.25) is 0 Å². The minimum atomic E-state index is 0.568. The van der Waals surface area contributed by atoms with Crippen molar-refractivity contribution in [2.45, 2.75) is 58.9 Å². The van der Waals surface area contributed by atoms with Crippen molar-refractivity contribution in [2.75, 3.05) is 13.1 Å². The number of nitrogens with zero attached hydrogens (tertiary/aromatic N) is 1. The summed E-state index contributed by atoms with van der Waals surface area (Å²) in [7, 11) is 0. The topological polar surface area (TPSA) is 29.3 Å². The van der Waals surface area contributed by atoms with Gasteiger partial charge in [0.1, 0.15) is 0 Å². The lowest BCUT2D eigenvalue weighted by Crippen LogP contribution is -2.38. The van der Waals surface area contributed by atoms with Crippen LogP contribution in [0, 0.1) is 11.8 Å². The first kappa shape index (κ1) is 14.9. The van der Waals surface area contributed by atoms with Crippen LogP contribution in [-0.2, 0) is 0 Å². The summed E-state index contributed by atoms with van der Waals surface area (Å²) in [6.07, 6.45) is 6.10. The number of rotatable bonds is 5. The number of thiocarbonyl (C=S) groups is 1. The summed E-state index contributed by atoms with van der Waals surface area (Å²) in [5.41, 5.74) is 5.69. The lowest BCUT2D eigenvalue weighted by atomic mass is 9.89. The summed E-state index contributed by atoms with van der Waals surface area (Å²) in [5.74, 6) is 1.73. The van der Waals surface area contributed by atoms with Gasteiger partial charge < -0.3 is 5.73 Å². The zero-order valence-electron chi connectivity index (χ0n) is 11.6. The number of likely N-dealkylation sites (tertiary alicyclic amines) is 1. The predicted molar refractivity (Wildman–Crippen MR) is 79.2 cm³/mol. The molecule has 0 radical (unpaired) electrons. The molecule has 1 rings (SSSR count). The van der Waals surface area contributed by atoms with E-state index in [1.165, 1.54) is 32.4 Å². The van der Waals surface area contributed by atoms with Gasteiger partial charge in [-0.15, -0.1) is 0 Å². The first-order valence-corrected chi connectivity index (χ1v) is 7.47. The van der Waals surface area contributed by atoms with Crippen LogP contribution in [0.15, 0.2) is 0 Å². The Balaban J connectivity index is 2.51. The van der Waals surface area contributed by atoms with Crippen molar-refractivity contribution in [3.05, 3.63) is 0 Å². The Labute approximate surface area is 112 Å². The third-order valence-electron chi connectivity index (χ3n) is 4.17. The summed E-state index contributed by atoms with van der Waals surface area (Å²) >= 11 is 5.06. The summed E-state index contributed by atoms with van der Waals surface area (Å²) in [6.45, 7) is 9.40. The van der Waals surface area contributed by atoms with Crippen LogP contribution < -0.4 is 5.73 Å². The molecule has 1 saturated heterocycles. The molecule has 100 valence electrons. The van der Waals surface area contributed by atoms with Crippen LogP contribution >= 0.6 is 12.2 Å². The zero-order chi connectivity index (χ0) is 12.8. The molecule has 2 atom stereocenters. The second-order valence-electron chi connectivity index (χ2n) is 5.70. The minimum Gasteiger partial charge on any atom is -0.393 e. The van der Waals surface area contributed by atoms with Crippen LogP contribution in [0.4, 0.5) is 0 Å². The third kappa shape index (κ3) is 4.92. The predicted octanol–water partition coefficient (Wildman–Crippen LogP) is 3.20. The highest BCUT2D eigenvalue weighted by Gasteiger charge is 2.23. The quantitative estimate of drug-likeness (QED) is 0.766. The molecule has 0 bridgehead atoms. The molecule has 2 N–H and O–H groups in total. The molecular weight excluding hydrogens is 228 g/mol. The van der Waals surface area contributed by atoms with Gasteiger partial charge in [-0.2, -0.15) is 0 Å². The number of hydrogen-bond donors (Lipinski definition) is 1. The molecule has 0 spiro atoms. The maximum atomic E-state index is 5.69. The van der Waals surface area contributed by atoms with Gasteiger partial charge in [-0.25, -0.2) is 0 Å². The fourth-order valence-corrected chi connectivity index (χ4v) is 3.13. The highest BCUT2D eigenvalue weighted by atomic mass is 32.1. The van der Waals surface area contributed by atoms with Crippen molar-refractivity contribution in [2.24, 2.45) is 17.6 Å². The molecule has 0 aromatic heterocycles. The second kappa shape index (κ2) is 7.32. The lowest BCUT2D eigenvalue weighted by Gasteiger charge is -2.29. The fraction of sp³-hybridized carbons (Fsp3) is 0.929. The highest BCUT2D eigenvalue weighted by molar-refractivity contribution is 7.80. The average molecular weight is 256 g/mol. The Morgan fingerprint density at radius 2 is 2.06 bits per heavy atom. The average Bonchev–Trinajstić information content (AvgIpc) is 2.51. The van der Waals surface area contributed by atoms with E-state index in [0.717, 1.165) is 24.7 Å². The first-order chi connectivity index (χ1) is 8.04. The van der Waals surface area contributed by atoms with Crippen molar-refractivity contribution >= 4 is 17.2 Å². The summed E-state index contributed by atoms with van der Waals surface area (Å²) in [5, 5.41) is 0. The second-order valence-corrected chi connectivity index (χ2v) is 6.23. The largest absolute Gasteiger partial charge is 0.393 e. The van der Waals surface area contributed by atoms with E-state index in [2.05, 4.69) is 25.7 Å². The normalized spacial score (nSPS) is 24.6. The lowest BCUT2D eigenvalue weighted by molar-refractivity contribution is 0.197. The molecule has 0 amide bonds. The summed E-state index contributed by atoms with van der Waals surface area (Å²) < 4.78 is 0. The SMILES string of the molecule is CCC(CC(N)=S)N1CCCC(C(C)C)CC1. The van der Waals surface area contributed by atoms with Gasteiger partial charge in [-0.3, -0.25) is 4.90 Å². The smallest absolute Gasteiger partial charge is 0.0743 e. The van der Waals surface area contributed by atoms with E-state index in [1.807, 2.05) is 0 Å². The minimum absolute atomic E-state index is 0.568. The van der Waals surface area contributed by atoms with Gasteiger partial charge in [0.25, 0.3) is 0 Å². The van der Waals surface area contributed by atoms with E-state index in [9.17, 15) is 0 Å². The molecule has 1 fully saturated rings. The van der Waals surface area contributed by atoms with Crippen LogP contribution in [0.25, 0.3) is 0 Å². The molecule has 0 aliphatic carbocycles. The summed E-state index contributed by atoms with van der Waals surface area (Å²) in [4.78, 5) is 3.28. The Morgan fingerprint density at radius 1 is 1.35 bits per heavy atom. The Hall–Kier alpha value is -0.150. The highest BCUT2D eigenvalue weighted by Crippen LogP contribution is 2.26. The van der Waals surface area contributed by atoms with Crippen molar-refractivity contribution < 1.29 is 0 Å². The van der Waals surface area contributed by atoms with E-state index in [4.69, 9.17) is 18.0 Å². The molecule has 0 aromatic carbocycles. The molecule has 1 aliphatic rings. The van der Waals surface area contributed by atoms with Gasteiger partial charge in [0, 0.05) is 12.5 Å². The van der Waals surface area contributed by atoms with Crippen LogP contribution in [0.5, 0.6) is 0 Å². The Bertz CT molecular complexity index is 240. The van der Waals surface area contributed by atoms with Crippen molar-refractivity contribution in [3.63, 3.8) is 0 Å². The maximum Gasteiger partial charge on any atom is 0.0743 e. The van der Waals surface area contributed by atoms with Crippen molar-refractivity contribution in [1.82, 2.24) is 4.90 Å². The maximum absolute atomic E-state index is 5.69. The monoisotopic (exact) mass is 256 g/mol. The van der Waals surface area contributed by atoms with Crippen LogP contribution in [0.1, 0.15) is 52.9 Å². The van der Waals surface area contributed by atoms with Crippen molar-refractivity contribution in [3.8, 4) is 0 Å². The molecule has 2 unspecified atom stereocenters. The Morgan fingerprint density at radius 3 is 2.59 bits per heavy atom. The molecule has 2 nitrogen and oxygen atoms in total. The van der Waals surface area contributed by atoms with E-state index in [1.54, 1.807) is 0 Å². The van der Waals surface area contributed by atoms with Gasteiger partial charge in [0.2, 0.25) is 0 Å². The van der Waals surface area contributed by atoms with Gasteiger partial charge in [-0.1, -0.05) is 33.0 Å². The molecule has 0 saturated carbocycles. The molecule has 0 aromatic rings. The Kier molecular flexibility index (Phi) is 6.42. The number of nitrogens with two attached hydrogens (primary N) is 1. The molecule has 1 aliphatic heterocycles. The molecule has 3 heteroatoms. The zero-order valence-corrected chi connectivity index (χ0v) is 12.4. The fourth-order valence-electron chi connectivity index (χ4n) is 2.94. The molecule has 1 heterocycles. The van der Waals surface area contributed by atoms with Crippen molar-refractivity contribution in [1.29, 1.82) is 0 Å². The number of hydrogen-bond acceptors (Lipinski definition) is 2. The van der Waals surface area contributed by atoms with E-state index >= 15 is 0 Å². The molecular formula is C14H28N2S. The third-order valence-corrected chi connectivity index (χ3v) is 4.34. The molecule has 17 heavy (non-hydrogen) atoms. The van der Waals surface area contributed by atoms with Crippen LogP contribution in [0.3, 0.4) is 0 Å². The van der Waals surface area contributed by atoms with Gasteiger partial charge in [0.05, 0.1) is 4.99 Å². The standard InChI is InChI=1S/C14H28N2S/c1-4-13(10-14(15)17)16-8-5-6-12(7-9-16)11(2)3/h11-13H,4-10H2,1-3H3,(H2,15,17). The van der Waals surface area contributed by atoms with Gasteiger partial charge in [0.15, 0.2) is 0 Å². The van der Waals surface area contributed by atoms with E-state index < -0.39 is 0 Å². The van der Waals surface area contributed by atoms with Gasteiger partial charge in [-0.05, 0) is 50.6 Å². The van der Waals surface area contributed by atoms with E-state index in [0.29, 0.717) is 11.0 Å².